The summed E-state index contributed by atoms with van der Waals surface area (Å²) in [6, 6.07) is 24.7. The SMILES string of the molecule is O=C(c1ccccc1)[C@@H]1[C@H](c2cccc([N+](=O)[O-])c2)C2(C(=O)c3ccccc3C2=O)[C@H]2C=Cc3cc(Cl)ccc3N12. The second kappa shape index (κ2) is 9.08. The maximum atomic E-state index is 14.6. The normalized spacial score (nSPS) is 21.5. The number of hydrogen-bond acceptors (Lipinski definition) is 6. The molecule has 0 N–H and O–H groups in total. The molecule has 1 spiro atoms. The average molecular weight is 561 g/mol. The summed E-state index contributed by atoms with van der Waals surface area (Å²) in [7, 11) is 0. The minimum atomic E-state index is -1.73. The molecule has 0 saturated carbocycles. The van der Waals surface area contributed by atoms with Crippen molar-refractivity contribution in [3.63, 3.8) is 0 Å². The first kappa shape index (κ1) is 25.1. The van der Waals surface area contributed by atoms with Gasteiger partial charge in [0.25, 0.3) is 5.69 Å². The van der Waals surface area contributed by atoms with Gasteiger partial charge in [0.15, 0.2) is 17.3 Å². The van der Waals surface area contributed by atoms with Crippen LogP contribution in [0.4, 0.5) is 11.4 Å². The van der Waals surface area contributed by atoms with E-state index in [0.29, 0.717) is 21.8 Å². The molecule has 0 bridgehead atoms. The number of ketones is 3. The lowest BCUT2D eigenvalue weighted by Crippen LogP contribution is -2.48. The van der Waals surface area contributed by atoms with Crippen molar-refractivity contribution in [1.82, 2.24) is 0 Å². The summed E-state index contributed by atoms with van der Waals surface area (Å²) in [6.45, 7) is 0. The van der Waals surface area contributed by atoms with Gasteiger partial charge in [-0.2, -0.15) is 0 Å². The van der Waals surface area contributed by atoms with Gasteiger partial charge in [-0.3, -0.25) is 24.5 Å². The number of carbonyl (C=O) groups is 3. The summed E-state index contributed by atoms with van der Waals surface area (Å²) in [6.07, 6.45) is 3.62. The van der Waals surface area contributed by atoms with E-state index in [1.807, 2.05) is 11.0 Å². The summed E-state index contributed by atoms with van der Waals surface area (Å²) < 4.78 is 0. The van der Waals surface area contributed by atoms with Crippen LogP contribution in [0, 0.1) is 15.5 Å². The number of nitrogens with zero attached hydrogens (tertiary/aromatic N) is 2. The van der Waals surface area contributed by atoms with Gasteiger partial charge in [0.2, 0.25) is 0 Å². The first-order valence-corrected chi connectivity index (χ1v) is 13.5. The predicted octanol–water partition coefficient (Wildman–Crippen LogP) is 6.56. The Morgan fingerprint density at radius 3 is 2.22 bits per heavy atom. The Morgan fingerprint density at radius 2 is 1.54 bits per heavy atom. The minimum Gasteiger partial charge on any atom is -0.352 e. The van der Waals surface area contributed by atoms with E-state index in [9.17, 15) is 24.5 Å². The van der Waals surface area contributed by atoms with Gasteiger partial charge >= 0.3 is 0 Å². The molecule has 1 aliphatic carbocycles. The summed E-state index contributed by atoms with van der Waals surface area (Å²) in [5.74, 6) is -2.11. The molecule has 1 fully saturated rings. The van der Waals surface area contributed by atoms with Crippen molar-refractivity contribution in [3.05, 3.63) is 146 Å². The zero-order chi connectivity index (χ0) is 28.5. The molecule has 4 aromatic carbocycles. The van der Waals surface area contributed by atoms with Crippen LogP contribution < -0.4 is 4.90 Å². The molecule has 2 aliphatic heterocycles. The fraction of sp³-hybridized carbons (Fsp3) is 0.121. The van der Waals surface area contributed by atoms with E-state index in [1.54, 1.807) is 84.9 Å². The van der Waals surface area contributed by atoms with Crippen LogP contribution in [-0.2, 0) is 0 Å². The van der Waals surface area contributed by atoms with Gasteiger partial charge in [-0.1, -0.05) is 90.5 Å². The molecule has 0 unspecified atom stereocenters. The van der Waals surface area contributed by atoms with Gasteiger partial charge in [0.05, 0.1) is 11.0 Å². The third-order valence-electron chi connectivity index (χ3n) is 8.53. The van der Waals surface area contributed by atoms with Gasteiger partial charge in [-0.25, -0.2) is 0 Å². The summed E-state index contributed by atoms with van der Waals surface area (Å²) >= 11 is 6.32. The molecule has 1 saturated heterocycles. The minimum absolute atomic E-state index is 0.188. The molecule has 0 aromatic heterocycles. The fourth-order valence-electron chi connectivity index (χ4n) is 6.93. The number of carbonyl (C=O) groups excluding carboxylic acids is 3. The Kier molecular flexibility index (Phi) is 5.56. The maximum Gasteiger partial charge on any atom is 0.269 e. The van der Waals surface area contributed by atoms with E-state index in [1.165, 1.54) is 18.2 Å². The highest BCUT2D eigenvalue weighted by Crippen LogP contribution is 2.61. The van der Waals surface area contributed by atoms with E-state index in [0.717, 1.165) is 5.56 Å². The first-order chi connectivity index (χ1) is 19.8. The van der Waals surface area contributed by atoms with Gasteiger partial charge in [0, 0.05) is 45.5 Å². The molecule has 7 rings (SSSR count). The van der Waals surface area contributed by atoms with Crippen molar-refractivity contribution in [1.29, 1.82) is 0 Å². The lowest BCUT2D eigenvalue weighted by atomic mass is 9.64. The zero-order valence-corrected chi connectivity index (χ0v) is 22.2. The van der Waals surface area contributed by atoms with Crippen molar-refractivity contribution in [3.8, 4) is 0 Å². The standard InChI is InChI=1S/C33H21ClN2O5/c34-22-14-15-26-20(17-22)13-16-27-33(31(38)24-11-4-5-12-25(24)32(33)39)28(21-9-6-10-23(18-21)36(40)41)29(35(26)27)30(37)19-7-2-1-3-8-19/h1-18,27-29H/t27-,28+,29+/m1/s1. The highest BCUT2D eigenvalue weighted by atomic mass is 35.5. The molecule has 0 radical (unpaired) electrons. The van der Waals surface area contributed by atoms with Crippen LogP contribution in [0.3, 0.4) is 0 Å². The number of non-ortho nitro benzene ring substituents is 1. The highest BCUT2D eigenvalue weighted by Gasteiger charge is 2.71. The number of nitro groups is 1. The highest BCUT2D eigenvalue weighted by molar-refractivity contribution is 6.32. The van der Waals surface area contributed by atoms with E-state index in [4.69, 9.17) is 11.6 Å². The molecule has 4 aromatic rings. The van der Waals surface area contributed by atoms with Gasteiger partial charge < -0.3 is 4.90 Å². The first-order valence-electron chi connectivity index (χ1n) is 13.1. The predicted molar refractivity (Wildman–Crippen MR) is 155 cm³/mol. The van der Waals surface area contributed by atoms with Crippen molar-refractivity contribution in [2.45, 2.75) is 18.0 Å². The van der Waals surface area contributed by atoms with Crippen molar-refractivity contribution < 1.29 is 19.3 Å². The lowest BCUT2D eigenvalue weighted by Gasteiger charge is -2.37. The van der Waals surface area contributed by atoms with Crippen molar-refractivity contribution in [2.24, 2.45) is 5.41 Å². The smallest absolute Gasteiger partial charge is 0.269 e. The van der Waals surface area contributed by atoms with E-state index >= 15 is 0 Å². The number of rotatable bonds is 4. The molecule has 7 nitrogen and oxygen atoms in total. The monoisotopic (exact) mass is 560 g/mol. The molecule has 41 heavy (non-hydrogen) atoms. The van der Waals surface area contributed by atoms with Crippen LogP contribution in [0.25, 0.3) is 6.08 Å². The largest absolute Gasteiger partial charge is 0.352 e. The molecule has 3 aliphatic rings. The van der Waals surface area contributed by atoms with E-state index in [2.05, 4.69) is 0 Å². The molecular weight excluding hydrogens is 540 g/mol. The number of fused-ring (bicyclic) bond motifs is 5. The maximum absolute atomic E-state index is 14.6. The molecule has 0 amide bonds. The summed E-state index contributed by atoms with van der Waals surface area (Å²) in [5.41, 5.74) is 0.830. The molecular formula is C33H21ClN2O5. The van der Waals surface area contributed by atoms with E-state index < -0.39 is 39.9 Å². The van der Waals surface area contributed by atoms with Crippen LogP contribution >= 0.6 is 11.6 Å². The Balaban J connectivity index is 1.57. The lowest BCUT2D eigenvalue weighted by molar-refractivity contribution is -0.384. The number of nitro benzene ring substituents is 1. The van der Waals surface area contributed by atoms with Crippen LogP contribution in [0.15, 0.2) is 103 Å². The van der Waals surface area contributed by atoms with Gasteiger partial charge in [-0.05, 0) is 29.3 Å². The number of hydrogen-bond donors (Lipinski definition) is 0. The average Bonchev–Trinajstić information content (AvgIpc) is 3.43. The topological polar surface area (TPSA) is 97.6 Å². The van der Waals surface area contributed by atoms with Gasteiger partial charge in [0.1, 0.15) is 11.5 Å². The van der Waals surface area contributed by atoms with Crippen LogP contribution in [0.2, 0.25) is 5.02 Å². The fourth-order valence-corrected chi connectivity index (χ4v) is 7.11. The Morgan fingerprint density at radius 1 is 0.854 bits per heavy atom. The van der Waals surface area contributed by atoms with Crippen molar-refractivity contribution in [2.75, 3.05) is 4.90 Å². The van der Waals surface area contributed by atoms with Crippen LogP contribution in [0.5, 0.6) is 0 Å². The van der Waals surface area contributed by atoms with E-state index in [-0.39, 0.29) is 22.6 Å². The number of halogens is 1. The number of benzene rings is 4. The third kappa shape index (κ3) is 3.42. The quantitative estimate of drug-likeness (QED) is 0.121. The third-order valence-corrected chi connectivity index (χ3v) is 8.77. The second-order valence-electron chi connectivity index (χ2n) is 10.5. The Bertz CT molecular complexity index is 1800. The van der Waals surface area contributed by atoms with Crippen LogP contribution in [0.1, 0.15) is 48.1 Å². The molecule has 200 valence electrons. The second-order valence-corrected chi connectivity index (χ2v) is 10.9. The summed E-state index contributed by atoms with van der Waals surface area (Å²) in [4.78, 5) is 57.0. The molecule has 3 atom stereocenters. The number of anilines is 1. The van der Waals surface area contributed by atoms with Gasteiger partial charge in [-0.15, -0.1) is 0 Å². The zero-order valence-electron chi connectivity index (χ0n) is 21.4. The molecule has 8 heteroatoms. The Labute approximate surface area is 239 Å². The number of Topliss-reactive ketones (excluding diaryl/α,β-unsaturated/α-hetero) is 3. The summed E-state index contributed by atoms with van der Waals surface area (Å²) in [5, 5.41) is 12.3. The molecule has 2 heterocycles. The van der Waals surface area contributed by atoms with Crippen molar-refractivity contribution >= 4 is 46.4 Å². The van der Waals surface area contributed by atoms with Crippen LogP contribution in [-0.4, -0.2) is 34.4 Å². The Hall–Kier alpha value is -4.88.